The molecular weight excluding hydrogens is 380 g/mol. The molecule has 0 saturated carbocycles. The zero-order valence-electron chi connectivity index (χ0n) is 17.3. The second-order valence-electron chi connectivity index (χ2n) is 6.95. The molecule has 0 radical (unpaired) electrons. The van der Waals surface area contributed by atoms with E-state index in [0.717, 1.165) is 45.1 Å². The summed E-state index contributed by atoms with van der Waals surface area (Å²) >= 11 is 1.55. The Morgan fingerprint density at radius 2 is 1.86 bits per heavy atom. The number of carbonyl (C=O) groups is 1. The molecule has 29 heavy (non-hydrogen) atoms. The number of carbonyl (C=O) groups excluding carboxylic acids is 1. The maximum atomic E-state index is 12.4. The summed E-state index contributed by atoms with van der Waals surface area (Å²) in [5.41, 5.74) is 4.13. The number of benzene rings is 2. The van der Waals surface area contributed by atoms with Gasteiger partial charge in [0, 0.05) is 10.4 Å². The molecule has 0 atom stereocenters. The largest absolute Gasteiger partial charge is 0.496 e. The van der Waals surface area contributed by atoms with Crippen LogP contribution in [-0.2, 0) is 13.0 Å². The molecule has 1 aromatic heterocycles. The van der Waals surface area contributed by atoms with Crippen molar-refractivity contribution in [3.63, 3.8) is 0 Å². The molecule has 0 aliphatic heterocycles. The van der Waals surface area contributed by atoms with Gasteiger partial charge in [-0.05, 0) is 73.4 Å². The SMILES string of the molecule is CCc1ccc(C(=O)/C=C/c2ccc(OC)c(COc3cc(C)ccc3C)c2)s1. The van der Waals surface area contributed by atoms with Crippen molar-refractivity contribution in [1.29, 1.82) is 0 Å². The monoisotopic (exact) mass is 406 g/mol. The van der Waals surface area contributed by atoms with Crippen molar-refractivity contribution in [3.05, 3.63) is 86.6 Å². The summed E-state index contributed by atoms with van der Waals surface area (Å²) in [6, 6.07) is 15.9. The number of ketones is 1. The Labute approximate surface area is 176 Å². The number of hydrogen-bond donors (Lipinski definition) is 0. The molecule has 2 aromatic carbocycles. The minimum atomic E-state index is 0.0266. The fourth-order valence-corrected chi connectivity index (χ4v) is 3.86. The van der Waals surface area contributed by atoms with Crippen LogP contribution in [0.2, 0.25) is 0 Å². The number of methoxy groups -OCH3 is 1. The van der Waals surface area contributed by atoms with Gasteiger partial charge in [-0.15, -0.1) is 11.3 Å². The summed E-state index contributed by atoms with van der Waals surface area (Å²) in [5, 5.41) is 0. The van der Waals surface area contributed by atoms with Gasteiger partial charge in [0.2, 0.25) is 0 Å². The molecular formula is C25H26O3S. The van der Waals surface area contributed by atoms with Crippen LogP contribution in [0.1, 0.15) is 43.7 Å². The zero-order chi connectivity index (χ0) is 20.8. The number of hydrogen-bond acceptors (Lipinski definition) is 4. The lowest BCUT2D eigenvalue weighted by Gasteiger charge is -2.13. The Balaban J connectivity index is 1.75. The number of ether oxygens (including phenoxy) is 2. The average Bonchev–Trinajstić information content (AvgIpc) is 3.22. The molecule has 0 spiro atoms. The highest BCUT2D eigenvalue weighted by atomic mass is 32.1. The molecule has 4 heteroatoms. The normalized spacial score (nSPS) is 11.0. The van der Waals surface area contributed by atoms with E-state index in [1.165, 1.54) is 4.88 Å². The predicted octanol–water partition coefficient (Wildman–Crippen LogP) is 6.41. The molecule has 150 valence electrons. The van der Waals surface area contributed by atoms with Crippen molar-refractivity contribution in [2.75, 3.05) is 7.11 Å². The van der Waals surface area contributed by atoms with Crippen LogP contribution in [0.4, 0.5) is 0 Å². The Hall–Kier alpha value is -2.85. The highest BCUT2D eigenvalue weighted by Gasteiger charge is 2.08. The van der Waals surface area contributed by atoms with Gasteiger partial charge in [0.05, 0.1) is 12.0 Å². The molecule has 0 aliphatic rings. The van der Waals surface area contributed by atoms with Gasteiger partial charge in [0.15, 0.2) is 5.78 Å². The van der Waals surface area contributed by atoms with Crippen molar-refractivity contribution in [1.82, 2.24) is 0 Å². The zero-order valence-corrected chi connectivity index (χ0v) is 18.1. The smallest absolute Gasteiger partial charge is 0.195 e. The van der Waals surface area contributed by atoms with Crippen LogP contribution < -0.4 is 9.47 Å². The minimum absolute atomic E-state index is 0.0266. The second-order valence-corrected chi connectivity index (χ2v) is 8.11. The van der Waals surface area contributed by atoms with E-state index < -0.39 is 0 Å². The van der Waals surface area contributed by atoms with E-state index in [4.69, 9.17) is 9.47 Å². The first-order chi connectivity index (χ1) is 14.0. The summed E-state index contributed by atoms with van der Waals surface area (Å²) in [7, 11) is 1.65. The molecule has 1 heterocycles. The van der Waals surface area contributed by atoms with Crippen molar-refractivity contribution in [2.24, 2.45) is 0 Å². The van der Waals surface area contributed by atoms with Gasteiger partial charge in [-0.3, -0.25) is 4.79 Å². The Bertz CT molecular complexity index is 1030. The topological polar surface area (TPSA) is 35.5 Å². The van der Waals surface area contributed by atoms with Crippen LogP contribution in [-0.4, -0.2) is 12.9 Å². The maximum Gasteiger partial charge on any atom is 0.195 e. The Morgan fingerprint density at radius 1 is 1.03 bits per heavy atom. The van der Waals surface area contributed by atoms with Crippen LogP contribution in [0.25, 0.3) is 6.08 Å². The summed E-state index contributed by atoms with van der Waals surface area (Å²) < 4.78 is 11.5. The van der Waals surface area contributed by atoms with E-state index in [-0.39, 0.29) is 5.78 Å². The molecule has 0 unspecified atom stereocenters. The summed E-state index contributed by atoms with van der Waals surface area (Å²) in [5.74, 6) is 1.66. The van der Waals surface area contributed by atoms with E-state index in [2.05, 4.69) is 19.1 Å². The van der Waals surface area contributed by atoms with E-state index >= 15 is 0 Å². The average molecular weight is 407 g/mol. The van der Waals surface area contributed by atoms with E-state index in [1.807, 2.05) is 56.3 Å². The second kappa shape index (κ2) is 9.57. The summed E-state index contributed by atoms with van der Waals surface area (Å²) in [6.45, 7) is 6.57. The lowest BCUT2D eigenvalue weighted by molar-refractivity contribution is 0.105. The van der Waals surface area contributed by atoms with Gasteiger partial charge in [0.1, 0.15) is 18.1 Å². The summed E-state index contributed by atoms with van der Waals surface area (Å²) in [4.78, 5) is 14.4. The third-order valence-electron chi connectivity index (χ3n) is 4.71. The van der Waals surface area contributed by atoms with Crippen molar-refractivity contribution < 1.29 is 14.3 Å². The van der Waals surface area contributed by atoms with Gasteiger partial charge in [-0.2, -0.15) is 0 Å². The lowest BCUT2D eigenvalue weighted by Crippen LogP contribution is -2.00. The van der Waals surface area contributed by atoms with Crippen LogP contribution in [0.3, 0.4) is 0 Å². The number of thiophene rings is 1. The Kier molecular flexibility index (Phi) is 6.89. The molecule has 3 rings (SSSR count). The van der Waals surface area contributed by atoms with Gasteiger partial charge in [-0.1, -0.05) is 31.2 Å². The summed E-state index contributed by atoms with van der Waals surface area (Å²) in [6.07, 6.45) is 4.42. The van der Waals surface area contributed by atoms with Crippen LogP contribution in [0, 0.1) is 13.8 Å². The van der Waals surface area contributed by atoms with E-state index in [0.29, 0.717) is 6.61 Å². The van der Waals surface area contributed by atoms with E-state index in [1.54, 1.807) is 24.5 Å². The molecule has 0 saturated heterocycles. The molecule has 0 N–H and O–H groups in total. The predicted molar refractivity (Wildman–Crippen MR) is 120 cm³/mol. The fourth-order valence-electron chi connectivity index (χ4n) is 2.99. The first-order valence-electron chi connectivity index (χ1n) is 9.68. The van der Waals surface area contributed by atoms with Gasteiger partial charge in [-0.25, -0.2) is 0 Å². The third kappa shape index (κ3) is 5.36. The minimum Gasteiger partial charge on any atom is -0.496 e. The number of rotatable bonds is 8. The van der Waals surface area contributed by atoms with Gasteiger partial charge < -0.3 is 9.47 Å². The van der Waals surface area contributed by atoms with Crippen molar-refractivity contribution >= 4 is 23.2 Å². The van der Waals surface area contributed by atoms with Gasteiger partial charge >= 0.3 is 0 Å². The van der Waals surface area contributed by atoms with Crippen molar-refractivity contribution in [2.45, 2.75) is 33.8 Å². The molecule has 0 amide bonds. The maximum absolute atomic E-state index is 12.4. The quantitative estimate of drug-likeness (QED) is 0.320. The fraction of sp³-hybridized carbons (Fsp3) is 0.240. The van der Waals surface area contributed by atoms with E-state index in [9.17, 15) is 4.79 Å². The Morgan fingerprint density at radius 3 is 2.59 bits per heavy atom. The van der Waals surface area contributed by atoms with Crippen LogP contribution in [0.15, 0.2) is 54.6 Å². The standard InChI is InChI=1S/C25H26O3S/c1-5-21-10-13-25(29-21)22(26)11-8-19-9-12-23(27-4)20(15-19)16-28-24-14-17(2)6-7-18(24)3/h6-15H,5,16H2,1-4H3/b11-8+. The first-order valence-corrected chi connectivity index (χ1v) is 10.5. The van der Waals surface area contributed by atoms with Crippen molar-refractivity contribution in [3.8, 4) is 11.5 Å². The number of allylic oxidation sites excluding steroid dienone is 1. The van der Waals surface area contributed by atoms with Crippen LogP contribution in [0.5, 0.6) is 11.5 Å². The third-order valence-corrected chi connectivity index (χ3v) is 5.96. The molecule has 0 aliphatic carbocycles. The van der Waals surface area contributed by atoms with Crippen LogP contribution >= 0.6 is 11.3 Å². The highest BCUT2D eigenvalue weighted by Crippen LogP contribution is 2.25. The first kappa shape index (κ1) is 20.9. The molecule has 3 aromatic rings. The highest BCUT2D eigenvalue weighted by molar-refractivity contribution is 7.14. The lowest BCUT2D eigenvalue weighted by atomic mass is 10.1. The number of aryl methyl sites for hydroxylation is 3. The molecule has 0 fully saturated rings. The van der Waals surface area contributed by atoms with Gasteiger partial charge in [0.25, 0.3) is 0 Å². The molecule has 0 bridgehead atoms. The molecule has 3 nitrogen and oxygen atoms in total.